The molecule has 0 radical (unpaired) electrons. The maximum absolute atomic E-state index is 12.8. The summed E-state index contributed by atoms with van der Waals surface area (Å²) in [5.41, 5.74) is 1.11. The van der Waals surface area contributed by atoms with Crippen LogP contribution in [0.1, 0.15) is 43.6 Å². The molecule has 1 aliphatic heterocycles. The molecule has 3 N–H and O–H groups in total. The van der Waals surface area contributed by atoms with Gasteiger partial charge in [0.1, 0.15) is 5.75 Å². The van der Waals surface area contributed by atoms with Crippen molar-refractivity contribution in [2.75, 3.05) is 10.6 Å². The lowest BCUT2D eigenvalue weighted by atomic mass is 10.1. The number of ether oxygens (including phenoxy) is 1. The monoisotopic (exact) mass is 431 g/mol. The van der Waals surface area contributed by atoms with Crippen LogP contribution < -0.4 is 20.1 Å². The molecule has 0 aliphatic carbocycles. The first-order valence-corrected chi connectivity index (χ1v) is 10.9. The second-order valence-corrected chi connectivity index (χ2v) is 9.93. The summed E-state index contributed by atoms with van der Waals surface area (Å²) >= 11 is 0. The quantitative estimate of drug-likeness (QED) is 0.689. The molecule has 0 saturated carbocycles. The Morgan fingerprint density at radius 2 is 1.83 bits per heavy atom. The number of sulfonamides is 1. The number of benzene rings is 2. The molecule has 1 aliphatic rings. The second kappa shape index (κ2) is 7.73. The minimum Gasteiger partial charge on any atom is -0.479 e. The molecule has 0 saturated heterocycles. The molecule has 160 valence electrons. The highest BCUT2D eigenvalue weighted by Crippen LogP contribution is 2.32. The third-order valence-corrected chi connectivity index (χ3v) is 6.13. The third-order valence-electron chi connectivity index (χ3n) is 4.37. The molecule has 3 rings (SSSR count). The first-order chi connectivity index (χ1) is 13.9. The Labute approximate surface area is 176 Å². The topological polar surface area (TPSA) is 114 Å². The minimum absolute atomic E-state index is 0.00765. The van der Waals surface area contributed by atoms with Crippen molar-refractivity contribution in [2.24, 2.45) is 0 Å². The van der Waals surface area contributed by atoms with Crippen molar-refractivity contribution in [1.82, 2.24) is 4.72 Å². The maximum Gasteiger partial charge on any atom is 0.265 e. The van der Waals surface area contributed by atoms with Crippen LogP contribution in [0.25, 0.3) is 0 Å². The molecule has 9 heteroatoms. The summed E-state index contributed by atoms with van der Waals surface area (Å²) in [5, 5.41) is 5.46. The molecule has 0 spiro atoms. The lowest BCUT2D eigenvalue weighted by Crippen LogP contribution is -2.40. The summed E-state index contributed by atoms with van der Waals surface area (Å²) in [6, 6.07) is 9.30. The SMILES string of the molecule is Cc1ccc(S(=O)(=O)NC(C)(C)C)cc1C(=O)Nc1ccc2c(c1)NC(=O)C(C)O2. The highest BCUT2D eigenvalue weighted by molar-refractivity contribution is 7.89. The van der Waals surface area contributed by atoms with E-state index in [2.05, 4.69) is 15.4 Å². The zero-order valence-corrected chi connectivity index (χ0v) is 18.3. The molecule has 1 atom stereocenters. The van der Waals surface area contributed by atoms with Crippen molar-refractivity contribution in [3.8, 4) is 5.75 Å². The van der Waals surface area contributed by atoms with Gasteiger partial charge in [0.2, 0.25) is 10.0 Å². The van der Waals surface area contributed by atoms with E-state index in [0.29, 0.717) is 22.7 Å². The summed E-state index contributed by atoms with van der Waals surface area (Å²) in [5.74, 6) is -0.222. The Morgan fingerprint density at radius 1 is 1.13 bits per heavy atom. The first kappa shape index (κ1) is 21.8. The van der Waals surface area contributed by atoms with Crippen molar-refractivity contribution >= 4 is 33.2 Å². The van der Waals surface area contributed by atoms with Gasteiger partial charge in [-0.2, -0.15) is 0 Å². The van der Waals surface area contributed by atoms with E-state index in [9.17, 15) is 18.0 Å². The van der Waals surface area contributed by atoms with E-state index >= 15 is 0 Å². The van der Waals surface area contributed by atoms with Crippen LogP contribution in [0.4, 0.5) is 11.4 Å². The van der Waals surface area contributed by atoms with E-state index in [1.165, 1.54) is 12.1 Å². The Kier molecular flexibility index (Phi) is 5.62. The van der Waals surface area contributed by atoms with Crippen LogP contribution in [-0.2, 0) is 14.8 Å². The third kappa shape index (κ3) is 4.80. The van der Waals surface area contributed by atoms with Gasteiger partial charge in [0.15, 0.2) is 6.10 Å². The van der Waals surface area contributed by atoms with Crippen LogP contribution in [0.3, 0.4) is 0 Å². The van der Waals surface area contributed by atoms with E-state index in [-0.39, 0.29) is 16.4 Å². The molecular weight excluding hydrogens is 406 g/mol. The fourth-order valence-electron chi connectivity index (χ4n) is 2.96. The fourth-order valence-corrected chi connectivity index (χ4v) is 4.40. The highest BCUT2D eigenvalue weighted by Gasteiger charge is 2.25. The Balaban J connectivity index is 1.86. The molecule has 0 bridgehead atoms. The van der Waals surface area contributed by atoms with Crippen molar-refractivity contribution in [3.05, 3.63) is 47.5 Å². The number of carbonyl (C=O) groups excluding carboxylic acids is 2. The number of carbonyl (C=O) groups is 2. The summed E-state index contributed by atoms with van der Waals surface area (Å²) in [4.78, 5) is 24.6. The van der Waals surface area contributed by atoms with Crippen LogP contribution in [0.15, 0.2) is 41.3 Å². The average molecular weight is 432 g/mol. The van der Waals surface area contributed by atoms with Gasteiger partial charge in [-0.15, -0.1) is 0 Å². The predicted octanol–water partition coefficient (Wildman–Crippen LogP) is 3.04. The summed E-state index contributed by atoms with van der Waals surface area (Å²) in [6.45, 7) is 8.60. The summed E-state index contributed by atoms with van der Waals surface area (Å²) < 4.78 is 33.3. The summed E-state index contributed by atoms with van der Waals surface area (Å²) in [6.07, 6.45) is -0.591. The highest BCUT2D eigenvalue weighted by atomic mass is 32.2. The Bertz CT molecular complexity index is 1120. The number of hydrogen-bond acceptors (Lipinski definition) is 5. The van der Waals surface area contributed by atoms with Crippen molar-refractivity contribution in [1.29, 1.82) is 0 Å². The van der Waals surface area contributed by atoms with Gasteiger partial charge in [-0.05, 0) is 70.5 Å². The number of hydrogen-bond donors (Lipinski definition) is 3. The van der Waals surface area contributed by atoms with Crippen LogP contribution in [0, 0.1) is 6.92 Å². The van der Waals surface area contributed by atoms with Crippen LogP contribution in [0.5, 0.6) is 5.75 Å². The van der Waals surface area contributed by atoms with Gasteiger partial charge in [0.05, 0.1) is 10.6 Å². The van der Waals surface area contributed by atoms with Gasteiger partial charge < -0.3 is 15.4 Å². The smallest absolute Gasteiger partial charge is 0.265 e. The Hall–Kier alpha value is -2.91. The van der Waals surface area contributed by atoms with E-state index in [4.69, 9.17) is 4.74 Å². The maximum atomic E-state index is 12.8. The molecule has 30 heavy (non-hydrogen) atoms. The Morgan fingerprint density at radius 3 is 2.50 bits per heavy atom. The normalized spacial score (nSPS) is 16.3. The van der Waals surface area contributed by atoms with Gasteiger partial charge in [-0.3, -0.25) is 9.59 Å². The number of amides is 2. The van der Waals surface area contributed by atoms with Crippen molar-refractivity contribution in [2.45, 2.75) is 51.2 Å². The molecular formula is C21H25N3O5S. The van der Waals surface area contributed by atoms with Gasteiger partial charge >= 0.3 is 0 Å². The molecule has 0 aromatic heterocycles. The lowest BCUT2D eigenvalue weighted by Gasteiger charge is -2.23. The van der Waals surface area contributed by atoms with Gasteiger partial charge in [-0.1, -0.05) is 6.07 Å². The fraction of sp³-hybridized carbons (Fsp3) is 0.333. The summed E-state index contributed by atoms with van der Waals surface area (Å²) in [7, 11) is -3.78. The van der Waals surface area contributed by atoms with Crippen LogP contribution in [-0.4, -0.2) is 31.9 Å². The molecule has 0 fully saturated rings. The minimum atomic E-state index is -3.78. The van der Waals surface area contributed by atoms with Crippen molar-refractivity contribution < 1.29 is 22.7 Å². The first-order valence-electron chi connectivity index (χ1n) is 9.43. The number of rotatable bonds is 4. The lowest BCUT2D eigenvalue weighted by molar-refractivity contribution is -0.122. The average Bonchev–Trinajstić information content (AvgIpc) is 2.61. The molecule has 1 unspecified atom stereocenters. The predicted molar refractivity (Wildman–Crippen MR) is 114 cm³/mol. The van der Waals surface area contributed by atoms with E-state index in [0.717, 1.165) is 0 Å². The van der Waals surface area contributed by atoms with Gasteiger partial charge in [-0.25, -0.2) is 13.1 Å². The molecule has 2 aromatic carbocycles. The standard InChI is InChI=1S/C21H25N3O5S/c1-12-6-8-15(30(27,28)24-21(3,4)5)11-16(12)20(26)22-14-7-9-18-17(10-14)23-19(25)13(2)29-18/h6-11,13,24H,1-5H3,(H,22,26)(H,23,25). The van der Waals surface area contributed by atoms with Gasteiger partial charge in [0.25, 0.3) is 11.8 Å². The molecule has 2 amide bonds. The molecule has 8 nitrogen and oxygen atoms in total. The second-order valence-electron chi connectivity index (χ2n) is 8.25. The largest absolute Gasteiger partial charge is 0.479 e. The van der Waals surface area contributed by atoms with E-state index < -0.39 is 27.6 Å². The number of aryl methyl sites for hydroxylation is 1. The molecule has 1 heterocycles. The van der Waals surface area contributed by atoms with Gasteiger partial charge in [0, 0.05) is 16.8 Å². The van der Waals surface area contributed by atoms with Crippen LogP contribution in [0.2, 0.25) is 0 Å². The van der Waals surface area contributed by atoms with E-state index in [1.54, 1.807) is 58.9 Å². The zero-order chi connectivity index (χ0) is 22.3. The number of fused-ring (bicyclic) bond motifs is 1. The molecule has 2 aromatic rings. The number of nitrogens with one attached hydrogen (secondary N) is 3. The zero-order valence-electron chi connectivity index (χ0n) is 17.5. The van der Waals surface area contributed by atoms with Crippen molar-refractivity contribution in [3.63, 3.8) is 0 Å². The number of anilines is 2. The van der Waals surface area contributed by atoms with E-state index in [1.807, 2.05) is 0 Å². The van der Waals surface area contributed by atoms with Crippen LogP contribution >= 0.6 is 0 Å².